The van der Waals surface area contributed by atoms with E-state index in [1.54, 1.807) is 0 Å². The second-order valence-corrected chi connectivity index (χ2v) is 5.53. The highest BCUT2D eigenvalue weighted by atomic mass is 32.1. The fourth-order valence-electron chi connectivity index (χ4n) is 2.13. The summed E-state index contributed by atoms with van der Waals surface area (Å²) in [5, 5.41) is 13.2. The lowest BCUT2D eigenvalue weighted by molar-refractivity contribution is 0.0691. The number of aromatic nitrogens is 1. The van der Waals surface area contributed by atoms with Gasteiger partial charge in [0.15, 0.2) is 10.7 Å². The topological polar surface area (TPSA) is 79.3 Å². The molecule has 2 atom stereocenters. The van der Waals surface area contributed by atoms with Gasteiger partial charge in [0.2, 0.25) is 0 Å². The van der Waals surface area contributed by atoms with Gasteiger partial charge < -0.3 is 10.4 Å². The molecule has 0 saturated heterocycles. The molecule has 0 bridgehead atoms. The first-order valence-electron chi connectivity index (χ1n) is 6.20. The maximum atomic E-state index is 12.0. The van der Waals surface area contributed by atoms with Crippen molar-refractivity contribution >= 4 is 23.2 Å². The van der Waals surface area contributed by atoms with Gasteiger partial charge in [0.1, 0.15) is 0 Å². The lowest BCUT2D eigenvalue weighted by atomic mass is 10.1. The molecule has 5 nitrogen and oxygen atoms in total. The van der Waals surface area contributed by atoms with Gasteiger partial charge in [-0.05, 0) is 12.0 Å². The van der Waals surface area contributed by atoms with Crippen molar-refractivity contribution in [3.8, 4) is 0 Å². The summed E-state index contributed by atoms with van der Waals surface area (Å²) in [5.41, 5.74) is 1.12. The molecule has 102 valence electrons. The highest BCUT2D eigenvalue weighted by Crippen LogP contribution is 2.40. The summed E-state index contributed by atoms with van der Waals surface area (Å²) < 4.78 is 0. The molecule has 1 aromatic heterocycles. The zero-order valence-electron chi connectivity index (χ0n) is 10.4. The van der Waals surface area contributed by atoms with Crippen LogP contribution < -0.4 is 5.32 Å². The first-order valence-corrected chi connectivity index (χ1v) is 7.08. The number of carboxylic acid groups (broad SMARTS) is 1. The van der Waals surface area contributed by atoms with Crippen LogP contribution in [0.2, 0.25) is 0 Å². The Morgan fingerprint density at radius 1 is 1.30 bits per heavy atom. The zero-order chi connectivity index (χ0) is 14.1. The number of rotatable bonds is 4. The number of hydrogen-bond donors (Lipinski definition) is 2. The minimum atomic E-state index is -1.12. The third kappa shape index (κ3) is 2.55. The van der Waals surface area contributed by atoms with E-state index in [-0.39, 0.29) is 22.7 Å². The maximum Gasteiger partial charge on any atom is 0.355 e. The summed E-state index contributed by atoms with van der Waals surface area (Å²) >= 11 is 1.05. The number of carboxylic acids is 1. The zero-order valence-corrected chi connectivity index (χ0v) is 11.3. The van der Waals surface area contributed by atoms with Crippen molar-refractivity contribution in [3.63, 3.8) is 0 Å². The molecule has 1 heterocycles. The predicted molar refractivity (Wildman–Crippen MR) is 74.1 cm³/mol. The van der Waals surface area contributed by atoms with Crippen LogP contribution in [0.15, 0.2) is 35.7 Å². The summed E-state index contributed by atoms with van der Waals surface area (Å²) in [5.74, 6) is -1.07. The SMILES string of the molecule is O=C(O)c1csc(C(=O)NC2CC2c2ccccc2)n1. The van der Waals surface area contributed by atoms with Gasteiger partial charge in [0.25, 0.3) is 5.91 Å². The van der Waals surface area contributed by atoms with Crippen LogP contribution in [0.3, 0.4) is 0 Å². The third-order valence-electron chi connectivity index (χ3n) is 3.25. The molecule has 1 aliphatic carbocycles. The molecule has 3 rings (SSSR count). The van der Waals surface area contributed by atoms with Gasteiger partial charge in [0.05, 0.1) is 0 Å². The van der Waals surface area contributed by atoms with Crippen molar-refractivity contribution in [2.75, 3.05) is 0 Å². The number of nitrogens with zero attached hydrogens (tertiary/aromatic N) is 1. The van der Waals surface area contributed by atoms with E-state index >= 15 is 0 Å². The van der Waals surface area contributed by atoms with Gasteiger partial charge >= 0.3 is 5.97 Å². The van der Waals surface area contributed by atoms with E-state index in [1.165, 1.54) is 10.9 Å². The average molecular weight is 288 g/mol. The molecule has 0 aliphatic heterocycles. The summed E-state index contributed by atoms with van der Waals surface area (Å²) in [7, 11) is 0. The molecule has 2 aromatic rings. The molecule has 6 heteroatoms. The first kappa shape index (κ1) is 12.8. The van der Waals surface area contributed by atoms with E-state index in [4.69, 9.17) is 5.11 Å². The quantitative estimate of drug-likeness (QED) is 0.903. The van der Waals surface area contributed by atoms with Crippen LogP contribution >= 0.6 is 11.3 Å². The second kappa shape index (κ2) is 5.05. The Labute approximate surface area is 119 Å². The first-order chi connectivity index (χ1) is 9.65. The largest absolute Gasteiger partial charge is 0.476 e. The number of amides is 1. The van der Waals surface area contributed by atoms with E-state index in [9.17, 15) is 9.59 Å². The van der Waals surface area contributed by atoms with Crippen LogP contribution in [0, 0.1) is 0 Å². The van der Waals surface area contributed by atoms with Crippen molar-refractivity contribution in [3.05, 3.63) is 52.0 Å². The lowest BCUT2D eigenvalue weighted by Gasteiger charge is -2.02. The number of hydrogen-bond acceptors (Lipinski definition) is 4. The molecular weight excluding hydrogens is 276 g/mol. The Bertz CT molecular complexity index is 653. The molecule has 20 heavy (non-hydrogen) atoms. The highest BCUT2D eigenvalue weighted by Gasteiger charge is 2.39. The van der Waals surface area contributed by atoms with Crippen molar-refractivity contribution < 1.29 is 14.7 Å². The number of aromatic carboxylic acids is 1. The van der Waals surface area contributed by atoms with Crippen molar-refractivity contribution in [2.45, 2.75) is 18.4 Å². The van der Waals surface area contributed by atoms with Crippen molar-refractivity contribution in [1.29, 1.82) is 0 Å². The molecule has 1 aliphatic rings. The van der Waals surface area contributed by atoms with E-state index < -0.39 is 5.97 Å². The van der Waals surface area contributed by atoms with Gasteiger partial charge in [-0.15, -0.1) is 11.3 Å². The van der Waals surface area contributed by atoms with Gasteiger partial charge in [0, 0.05) is 17.3 Å². The fourth-order valence-corrected chi connectivity index (χ4v) is 2.82. The molecule has 1 aromatic carbocycles. The van der Waals surface area contributed by atoms with Crippen LogP contribution in [0.4, 0.5) is 0 Å². The molecule has 2 N–H and O–H groups in total. The van der Waals surface area contributed by atoms with Crippen LogP contribution in [-0.4, -0.2) is 28.0 Å². The van der Waals surface area contributed by atoms with Crippen LogP contribution in [0.5, 0.6) is 0 Å². The average Bonchev–Trinajstić information content (AvgIpc) is 3.02. The standard InChI is InChI=1S/C14H12N2O3S/c17-12(13-16-11(7-20-13)14(18)19)15-10-6-9(10)8-4-2-1-3-5-8/h1-5,7,9-10H,6H2,(H,15,17)(H,18,19). The molecule has 0 spiro atoms. The summed E-state index contributed by atoms with van der Waals surface area (Å²) in [6.07, 6.45) is 0.910. The summed E-state index contributed by atoms with van der Waals surface area (Å²) in [6.45, 7) is 0. The van der Waals surface area contributed by atoms with Crippen LogP contribution in [0.25, 0.3) is 0 Å². The molecule has 1 fully saturated rings. The van der Waals surface area contributed by atoms with Crippen LogP contribution in [-0.2, 0) is 0 Å². The molecule has 0 radical (unpaired) electrons. The minimum Gasteiger partial charge on any atom is -0.476 e. The molecule has 2 unspecified atom stereocenters. The van der Waals surface area contributed by atoms with Gasteiger partial charge in [-0.25, -0.2) is 9.78 Å². The lowest BCUT2D eigenvalue weighted by Crippen LogP contribution is -2.26. The summed E-state index contributed by atoms with van der Waals surface area (Å²) in [6, 6.07) is 10.1. The van der Waals surface area contributed by atoms with Gasteiger partial charge in [-0.3, -0.25) is 4.79 Å². The number of benzene rings is 1. The Balaban J connectivity index is 1.62. The van der Waals surface area contributed by atoms with Gasteiger partial charge in [-0.1, -0.05) is 30.3 Å². The van der Waals surface area contributed by atoms with E-state index in [1.807, 2.05) is 30.3 Å². The molecule has 1 saturated carbocycles. The minimum absolute atomic E-state index is 0.0874. The van der Waals surface area contributed by atoms with E-state index in [0.29, 0.717) is 5.92 Å². The van der Waals surface area contributed by atoms with E-state index in [2.05, 4.69) is 10.3 Å². The molecule has 1 amide bonds. The Kier molecular flexibility index (Phi) is 3.23. The Morgan fingerprint density at radius 3 is 2.70 bits per heavy atom. The fraction of sp³-hybridized carbons (Fsp3) is 0.214. The number of carbonyl (C=O) groups excluding carboxylic acids is 1. The Hall–Kier alpha value is -2.21. The summed E-state index contributed by atoms with van der Waals surface area (Å²) in [4.78, 5) is 26.5. The van der Waals surface area contributed by atoms with Crippen LogP contribution in [0.1, 0.15) is 38.2 Å². The Morgan fingerprint density at radius 2 is 2.05 bits per heavy atom. The number of nitrogens with one attached hydrogen (secondary N) is 1. The number of carbonyl (C=O) groups is 2. The smallest absolute Gasteiger partial charge is 0.355 e. The normalized spacial score (nSPS) is 20.4. The predicted octanol–water partition coefficient (Wildman–Crippen LogP) is 2.13. The highest BCUT2D eigenvalue weighted by molar-refractivity contribution is 7.11. The van der Waals surface area contributed by atoms with Crippen molar-refractivity contribution in [2.24, 2.45) is 0 Å². The second-order valence-electron chi connectivity index (χ2n) is 4.68. The molecular formula is C14H12N2O3S. The monoisotopic (exact) mass is 288 g/mol. The van der Waals surface area contributed by atoms with Crippen molar-refractivity contribution in [1.82, 2.24) is 10.3 Å². The van der Waals surface area contributed by atoms with Gasteiger partial charge in [-0.2, -0.15) is 0 Å². The third-order valence-corrected chi connectivity index (χ3v) is 4.09. The number of thiazole rings is 1. The van der Waals surface area contributed by atoms with E-state index in [0.717, 1.165) is 17.8 Å². The maximum absolute atomic E-state index is 12.0.